The van der Waals surface area contributed by atoms with E-state index in [1.165, 1.54) is 6.42 Å². The summed E-state index contributed by atoms with van der Waals surface area (Å²) in [6, 6.07) is 6.16. The number of ether oxygens (including phenoxy) is 1. The summed E-state index contributed by atoms with van der Waals surface area (Å²) in [5.41, 5.74) is 0.960. The molecular formula is C13H20ClNO. The van der Waals surface area contributed by atoms with Crippen LogP contribution in [0, 0.1) is 0 Å². The molecule has 0 aliphatic heterocycles. The molecule has 1 aromatic carbocycles. The zero-order chi connectivity index (χ0) is 12.0. The summed E-state index contributed by atoms with van der Waals surface area (Å²) in [5, 5.41) is 4.21. The highest BCUT2D eigenvalue weighted by atomic mass is 35.5. The minimum atomic E-state index is 0.481. The molecule has 3 heteroatoms. The Morgan fingerprint density at radius 3 is 2.69 bits per heavy atom. The first-order chi connectivity index (χ1) is 7.71. The van der Waals surface area contributed by atoms with Gasteiger partial charge in [0.25, 0.3) is 0 Å². The van der Waals surface area contributed by atoms with Gasteiger partial charge >= 0.3 is 0 Å². The van der Waals surface area contributed by atoms with Crippen LogP contribution in [0.2, 0.25) is 5.02 Å². The highest BCUT2D eigenvalue weighted by Crippen LogP contribution is 2.28. The Labute approximate surface area is 103 Å². The smallest absolute Gasteiger partial charge is 0.121 e. The van der Waals surface area contributed by atoms with Gasteiger partial charge in [0.15, 0.2) is 0 Å². The number of hydrogen-bond acceptors (Lipinski definition) is 2. The summed E-state index contributed by atoms with van der Waals surface area (Å²) < 4.78 is 5.19. The van der Waals surface area contributed by atoms with Crippen molar-refractivity contribution in [1.29, 1.82) is 0 Å². The molecule has 1 unspecified atom stereocenters. The second-order valence-electron chi connectivity index (χ2n) is 3.88. The number of nitrogens with one attached hydrogen (secondary N) is 1. The van der Waals surface area contributed by atoms with Crippen molar-refractivity contribution in [3.63, 3.8) is 0 Å². The molecule has 0 spiro atoms. The van der Waals surface area contributed by atoms with Crippen molar-refractivity contribution in [2.45, 2.75) is 39.2 Å². The average Bonchev–Trinajstić information content (AvgIpc) is 2.31. The van der Waals surface area contributed by atoms with Crippen LogP contribution in [0.25, 0.3) is 0 Å². The van der Waals surface area contributed by atoms with Gasteiger partial charge in [0.2, 0.25) is 0 Å². The highest BCUT2D eigenvalue weighted by Gasteiger charge is 2.08. The number of hydrogen-bond donors (Lipinski definition) is 1. The summed E-state index contributed by atoms with van der Waals surface area (Å²) in [6.45, 7) is 4.37. The van der Waals surface area contributed by atoms with Crippen molar-refractivity contribution >= 4 is 17.3 Å². The Kier molecular flexibility index (Phi) is 5.47. The van der Waals surface area contributed by atoms with Crippen LogP contribution >= 0.6 is 11.6 Å². The Morgan fingerprint density at radius 2 is 2.12 bits per heavy atom. The predicted molar refractivity (Wildman–Crippen MR) is 70.6 cm³/mol. The van der Waals surface area contributed by atoms with Gasteiger partial charge in [-0.2, -0.15) is 0 Å². The largest absolute Gasteiger partial charge is 0.497 e. The number of methoxy groups -OCH3 is 1. The van der Waals surface area contributed by atoms with E-state index in [4.69, 9.17) is 16.3 Å². The molecule has 0 aliphatic carbocycles. The lowest BCUT2D eigenvalue weighted by molar-refractivity contribution is 0.415. The van der Waals surface area contributed by atoms with E-state index < -0.39 is 0 Å². The van der Waals surface area contributed by atoms with Crippen molar-refractivity contribution in [3.8, 4) is 5.75 Å². The molecule has 0 bridgehead atoms. The van der Waals surface area contributed by atoms with Crippen molar-refractivity contribution in [2.75, 3.05) is 12.4 Å². The molecule has 0 fully saturated rings. The van der Waals surface area contributed by atoms with E-state index in [-0.39, 0.29) is 0 Å². The second-order valence-corrected chi connectivity index (χ2v) is 4.29. The second kappa shape index (κ2) is 6.64. The maximum Gasteiger partial charge on any atom is 0.121 e. The Bertz CT molecular complexity index is 328. The normalized spacial score (nSPS) is 12.2. The van der Waals surface area contributed by atoms with Crippen molar-refractivity contribution in [1.82, 2.24) is 0 Å². The fourth-order valence-electron chi connectivity index (χ4n) is 1.69. The van der Waals surface area contributed by atoms with Crippen LogP contribution in [0.15, 0.2) is 18.2 Å². The fraction of sp³-hybridized carbons (Fsp3) is 0.538. The molecule has 1 atom stereocenters. The van der Waals surface area contributed by atoms with E-state index in [0.29, 0.717) is 6.04 Å². The third-order valence-electron chi connectivity index (χ3n) is 2.66. The SMILES string of the molecule is CCCC(CC)Nc1cc(OC)ccc1Cl. The summed E-state index contributed by atoms with van der Waals surface area (Å²) in [6.07, 6.45) is 3.43. The van der Waals surface area contributed by atoms with Crippen LogP contribution < -0.4 is 10.1 Å². The number of benzene rings is 1. The molecule has 90 valence electrons. The van der Waals surface area contributed by atoms with Gasteiger partial charge in [0.05, 0.1) is 17.8 Å². The van der Waals surface area contributed by atoms with Gasteiger partial charge in [-0.25, -0.2) is 0 Å². The van der Waals surface area contributed by atoms with Gasteiger partial charge in [-0.3, -0.25) is 0 Å². The number of halogens is 1. The summed E-state index contributed by atoms with van der Waals surface area (Å²) in [4.78, 5) is 0. The fourth-order valence-corrected chi connectivity index (χ4v) is 1.86. The zero-order valence-electron chi connectivity index (χ0n) is 10.2. The molecule has 0 aliphatic rings. The maximum absolute atomic E-state index is 6.14. The number of rotatable bonds is 6. The standard InChI is InChI=1S/C13H20ClNO/c1-4-6-10(5-2)15-13-9-11(16-3)7-8-12(13)14/h7-10,15H,4-6H2,1-3H3. The van der Waals surface area contributed by atoms with Crippen LogP contribution in [-0.2, 0) is 0 Å². The Morgan fingerprint density at radius 1 is 1.38 bits per heavy atom. The lowest BCUT2D eigenvalue weighted by Crippen LogP contribution is -2.18. The third-order valence-corrected chi connectivity index (χ3v) is 2.99. The highest BCUT2D eigenvalue weighted by molar-refractivity contribution is 6.33. The molecular weight excluding hydrogens is 222 g/mol. The third kappa shape index (κ3) is 3.60. The van der Waals surface area contributed by atoms with Gasteiger partial charge in [0.1, 0.15) is 5.75 Å². The van der Waals surface area contributed by atoms with Gasteiger partial charge < -0.3 is 10.1 Å². The quantitative estimate of drug-likeness (QED) is 0.800. The van der Waals surface area contributed by atoms with E-state index in [0.717, 1.165) is 29.3 Å². The zero-order valence-corrected chi connectivity index (χ0v) is 11.0. The lowest BCUT2D eigenvalue weighted by atomic mass is 10.1. The van der Waals surface area contributed by atoms with Gasteiger partial charge in [-0.1, -0.05) is 31.9 Å². The minimum Gasteiger partial charge on any atom is -0.497 e. The topological polar surface area (TPSA) is 21.3 Å². The molecule has 1 rings (SSSR count). The van der Waals surface area contributed by atoms with Gasteiger partial charge in [0, 0.05) is 12.1 Å². The first-order valence-corrected chi connectivity index (χ1v) is 6.19. The van der Waals surface area contributed by atoms with E-state index in [9.17, 15) is 0 Å². The van der Waals surface area contributed by atoms with Gasteiger partial charge in [-0.05, 0) is 25.0 Å². The molecule has 2 nitrogen and oxygen atoms in total. The van der Waals surface area contributed by atoms with Crippen LogP contribution in [0.1, 0.15) is 33.1 Å². The van der Waals surface area contributed by atoms with Crippen LogP contribution in [0.5, 0.6) is 5.75 Å². The predicted octanol–water partition coefficient (Wildman–Crippen LogP) is 4.34. The monoisotopic (exact) mass is 241 g/mol. The molecule has 0 aromatic heterocycles. The summed E-state index contributed by atoms with van der Waals surface area (Å²) in [5.74, 6) is 0.832. The summed E-state index contributed by atoms with van der Waals surface area (Å²) >= 11 is 6.14. The first-order valence-electron chi connectivity index (χ1n) is 5.81. The van der Waals surface area contributed by atoms with E-state index in [2.05, 4.69) is 19.2 Å². The van der Waals surface area contributed by atoms with E-state index in [1.807, 2.05) is 18.2 Å². The molecule has 1 aromatic rings. The average molecular weight is 242 g/mol. The van der Waals surface area contributed by atoms with Crippen LogP contribution in [-0.4, -0.2) is 13.2 Å². The number of anilines is 1. The van der Waals surface area contributed by atoms with Gasteiger partial charge in [-0.15, -0.1) is 0 Å². The van der Waals surface area contributed by atoms with E-state index in [1.54, 1.807) is 7.11 Å². The molecule has 0 saturated carbocycles. The molecule has 16 heavy (non-hydrogen) atoms. The molecule has 0 heterocycles. The maximum atomic E-state index is 6.14. The summed E-state index contributed by atoms with van der Waals surface area (Å²) in [7, 11) is 1.66. The van der Waals surface area contributed by atoms with Crippen LogP contribution in [0.4, 0.5) is 5.69 Å². The molecule has 1 N–H and O–H groups in total. The lowest BCUT2D eigenvalue weighted by Gasteiger charge is -2.18. The molecule has 0 saturated heterocycles. The minimum absolute atomic E-state index is 0.481. The van der Waals surface area contributed by atoms with E-state index >= 15 is 0 Å². The van der Waals surface area contributed by atoms with Crippen LogP contribution in [0.3, 0.4) is 0 Å². The Hall–Kier alpha value is -0.890. The van der Waals surface area contributed by atoms with Crippen molar-refractivity contribution in [2.24, 2.45) is 0 Å². The Balaban J connectivity index is 2.77. The molecule has 0 radical (unpaired) electrons. The van der Waals surface area contributed by atoms with Crippen molar-refractivity contribution in [3.05, 3.63) is 23.2 Å². The first kappa shape index (κ1) is 13.2. The molecule has 0 amide bonds. The van der Waals surface area contributed by atoms with Crippen molar-refractivity contribution < 1.29 is 4.74 Å².